The van der Waals surface area contributed by atoms with Crippen LogP contribution in [0.4, 0.5) is 10.1 Å². The number of benzene rings is 1. The van der Waals surface area contributed by atoms with E-state index in [1.54, 1.807) is 24.4 Å². The van der Waals surface area contributed by atoms with Crippen molar-refractivity contribution < 1.29 is 14.0 Å². The molecule has 0 bridgehead atoms. The third-order valence-electron chi connectivity index (χ3n) is 4.25. The van der Waals surface area contributed by atoms with Crippen molar-refractivity contribution in [2.24, 2.45) is 5.92 Å². The van der Waals surface area contributed by atoms with Gasteiger partial charge in [-0.05, 0) is 37.3 Å². The number of anilines is 1. The number of carbonyl (C=O) groups is 2. The molecule has 132 valence electrons. The number of nitrogens with one attached hydrogen (secondary N) is 2. The Morgan fingerprint density at radius 3 is 2.80 bits per heavy atom. The molecule has 1 aromatic carbocycles. The van der Waals surface area contributed by atoms with E-state index < -0.39 is 5.82 Å². The van der Waals surface area contributed by atoms with E-state index in [0.29, 0.717) is 17.2 Å². The molecule has 0 radical (unpaired) electrons. The first kappa shape index (κ1) is 17.1. The Hall–Kier alpha value is -2.70. The molecule has 0 unspecified atom stereocenters. The molecule has 1 atom stereocenters. The maximum Gasteiger partial charge on any atom is 0.241 e. The van der Waals surface area contributed by atoms with Gasteiger partial charge in [-0.25, -0.2) is 4.39 Å². The summed E-state index contributed by atoms with van der Waals surface area (Å²) in [7, 11) is 0. The van der Waals surface area contributed by atoms with Crippen LogP contribution in [0.3, 0.4) is 0 Å². The van der Waals surface area contributed by atoms with Crippen LogP contribution in [0.5, 0.6) is 0 Å². The zero-order valence-corrected chi connectivity index (χ0v) is 14.0. The number of amides is 2. The first-order valence-electron chi connectivity index (χ1n) is 8.36. The fourth-order valence-corrected chi connectivity index (χ4v) is 2.70. The molecule has 7 heteroatoms. The minimum Gasteiger partial charge on any atom is -0.352 e. The highest BCUT2D eigenvalue weighted by atomic mass is 19.1. The number of halogens is 1. The van der Waals surface area contributed by atoms with Crippen LogP contribution >= 0.6 is 0 Å². The van der Waals surface area contributed by atoms with Gasteiger partial charge in [-0.3, -0.25) is 14.3 Å². The van der Waals surface area contributed by atoms with Crippen molar-refractivity contribution in [2.45, 2.75) is 38.8 Å². The lowest BCUT2D eigenvalue weighted by Gasteiger charge is -2.12. The van der Waals surface area contributed by atoms with E-state index in [4.69, 9.17) is 0 Å². The Labute approximate surface area is 145 Å². The van der Waals surface area contributed by atoms with Crippen molar-refractivity contribution in [3.05, 3.63) is 48.0 Å². The highest BCUT2D eigenvalue weighted by Crippen LogP contribution is 2.32. The molecule has 3 rings (SSSR count). The lowest BCUT2D eigenvalue weighted by molar-refractivity contribution is -0.122. The molecule has 0 saturated heterocycles. The van der Waals surface area contributed by atoms with E-state index >= 15 is 0 Å². The van der Waals surface area contributed by atoms with Crippen LogP contribution in [0, 0.1) is 11.7 Å². The van der Waals surface area contributed by atoms with Crippen molar-refractivity contribution in [3.63, 3.8) is 0 Å². The van der Waals surface area contributed by atoms with E-state index in [-0.39, 0.29) is 30.8 Å². The average Bonchev–Trinajstić information content (AvgIpc) is 3.32. The normalized spacial score (nSPS) is 14.8. The minimum absolute atomic E-state index is 0.0583. The van der Waals surface area contributed by atoms with Crippen LogP contribution in [-0.2, 0) is 22.6 Å². The van der Waals surface area contributed by atoms with Gasteiger partial charge in [0.15, 0.2) is 0 Å². The summed E-state index contributed by atoms with van der Waals surface area (Å²) in [6.45, 7) is 2.10. The van der Waals surface area contributed by atoms with Crippen molar-refractivity contribution in [3.8, 4) is 0 Å². The standard InChI is InChI=1S/C18H21FN4O2/c1-12(13-6-7-13)21-18(25)11-23-10-15(9-20-23)22-17(24)8-14-4-2-3-5-16(14)19/h2-5,9-10,12-13H,6-8,11H2,1H3,(H,21,25)(H,22,24)/t12-/m1/s1. The van der Waals surface area contributed by atoms with Crippen molar-refractivity contribution in [1.29, 1.82) is 0 Å². The summed E-state index contributed by atoms with van der Waals surface area (Å²) < 4.78 is 15.0. The fraction of sp³-hybridized carbons (Fsp3) is 0.389. The zero-order valence-electron chi connectivity index (χ0n) is 14.0. The maximum absolute atomic E-state index is 13.6. The van der Waals surface area contributed by atoms with Crippen LogP contribution in [0.2, 0.25) is 0 Å². The van der Waals surface area contributed by atoms with Crippen molar-refractivity contribution in [2.75, 3.05) is 5.32 Å². The predicted octanol–water partition coefficient (Wildman–Crippen LogP) is 2.12. The SMILES string of the molecule is C[C@@H](NC(=O)Cn1cc(NC(=O)Cc2ccccc2F)cn1)C1CC1. The van der Waals surface area contributed by atoms with Crippen LogP contribution < -0.4 is 10.6 Å². The summed E-state index contributed by atoms with van der Waals surface area (Å²) in [5.41, 5.74) is 0.810. The topological polar surface area (TPSA) is 76.0 Å². The van der Waals surface area contributed by atoms with E-state index in [1.165, 1.54) is 29.8 Å². The molecular weight excluding hydrogens is 323 g/mol. The van der Waals surface area contributed by atoms with Crippen LogP contribution in [0.25, 0.3) is 0 Å². The van der Waals surface area contributed by atoms with Crippen molar-refractivity contribution >= 4 is 17.5 Å². The number of rotatable bonds is 7. The first-order valence-corrected chi connectivity index (χ1v) is 8.36. The van der Waals surface area contributed by atoms with E-state index in [9.17, 15) is 14.0 Å². The van der Waals surface area contributed by atoms with Gasteiger partial charge in [-0.1, -0.05) is 18.2 Å². The Bertz CT molecular complexity index is 770. The third kappa shape index (κ3) is 4.89. The summed E-state index contributed by atoms with van der Waals surface area (Å²) >= 11 is 0. The highest BCUT2D eigenvalue weighted by Gasteiger charge is 2.28. The van der Waals surface area contributed by atoms with Gasteiger partial charge in [0.05, 0.1) is 18.3 Å². The Balaban J connectivity index is 1.50. The summed E-state index contributed by atoms with van der Waals surface area (Å²) in [5, 5.41) is 9.68. The Kier molecular flexibility index (Phi) is 5.11. The van der Waals surface area contributed by atoms with Gasteiger partial charge in [0.2, 0.25) is 11.8 Å². The van der Waals surface area contributed by atoms with E-state index in [0.717, 1.165) is 0 Å². The summed E-state index contributed by atoms with van der Waals surface area (Å²) in [4.78, 5) is 24.0. The van der Waals surface area contributed by atoms with E-state index in [1.807, 2.05) is 6.92 Å². The molecule has 25 heavy (non-hydrogen) atoms. The van der Waals surface area contributed by atoms with Crippen LogP contribution in [-0.4, -0.2) is 27.6 Å². The predicted molar refractivity (Wildman–Crippen MR) is 91.3 cm³/mol. The summed E-state index contributed by atoms with van der Waals surface area (Å²) in [6.07, 6.45) is 5.33. The number of hydrogen-bond acceptors (Lipinski definition) is 3. The summed E-state index contributed by atoms with van der Waals surface area (Å²) in [5.74, 6) is -0.257. The fourth-order valence-electron chi connectivity index (χ4n) is 2.70. The van der Waals surface area contributed by atoms with Gasteiger partial charge in [0.25, 0.3) is 0 Å². The smallest absolute Gasteiger partial charge is 0.241 e. The molecule has 6 nitrogen and oxygen atoms in total. The molecule has 1 fully saturated rings. The second kappa shape index (κ2) is 7.46. The zero-order chi connectivity index (χ0) is 17.8. The quantitative estimate of drug-likeness (QED) is 0.808. The second-order valence-corrected chi connectivity index (χ2v) is 6.44. The number of nitrogens with zero attached hydrogens (tertiary/aromatic N) is 2. The second-order valence-electron chi connectivity index (χ2n) is 6.44. The molecule has 0 spiro atoms. The number of carbonyl (C=O) groups excluding carboxylic acids is 2. The molecule has 1 aliphatic carbocycles. The maximum atomic E-state index is 13.6. The molecule has 1 heterocycles. The third-order valence-corrected chi connectivity index (χ3v) is 4.25. The minimum atomic E-state index is -0.408. The molecule has 1 aliphatic rings. The van der Waals surface area contributed by atoms with Crippen LogP contribution in [0.1, 0.15) is 25.3 Å². The summed E-state index contributed by atoms with van der Waals surface area (Å²) in [6, 6.07) is 6.34. The molecule has 1 saturated carbocycles. The molecule has 0 aliphatic heterocycles. The van der Waals surface area contributed by atoms with Gasteiger partial charge in [-0.15, -0.1) is 0 Å². The highest BCUT2D eigenvalue weighted by molar-refractivity contribution is 5.92. The molecule has 2 aromatic rings. The van der Waals surface area contributed by atoms with Gasteiger partial charge >= 0.3 is 0 Å². The Morgan fingerprint density at radius 1 is 1.32 bits per heavy atom. The average molecular weight is 344 g/mol. The van der Waals surface area contributed by atoms with Gasteiger partial charge < -0.3 is 10.6 Å². The van der Waals surface area contributed by atoms with Crippen molar-refractivity contribution in [1.82, 2.24) is 15.1 Å². The molecule has 2 N–H and O–H groups in total. The molecule has 2 amide bonds. The largest absolute Gasteiger partial charge is 0.352 e. The van der Waals surface area contributed by atoms with Gasteiger partial charge in [0, 0.05) is 12.2 Å². The van der Waals surface area contributed by atoms with Gasteiger partial charge in [0.1, 0.15) is 12.4 Å². The lowest BCUT2D eigenvalue weighted by Crippen LogP contribution is -2.36. The monoisotopic (exact) mass is 344 g/mol. The first-order chi connectivity index (χ1) is 12.0. The van der Waals surface area contributed by atoms with Gasteiger partial charge in [-0.2, -0.15) is 5.10 Å². The lowest BCUT2D eigenvalue weighted by atomic mass is 10.1. The molecular formula is C18H21FN4O2. The van der Waals surface area contributed by atoms with Crippen LogP contribution in [0.15, 0.2) is 36.7 Å². The van der Waals surface area contributed by atoms with E-state index in [2.05, 4.69) is 15.7 Å². The Morgan fingerprint density at radius 2 is 2.08 bits per heavy atom. The number of aromatic nitrogens is 2. The molecule has 1 aromatic heterocycles. The number of hydrogen-bond donors (Lipinski definition) is 2.